The van der Waals surface area contributed by atoms with Crippen molar-refractivity contribution in [2.45, 2.75) is 19.5 Å². The van der Waals surface area contributed by atoms with Crippen molar-refractivity contribution in [2.75, 3.05) is 20.3 Å². The number of aromatic amines is 1. The number of allylic oxidation sites excluding steroid dienone is 1. The number of nitrogens with zero attached hydrogens (tertiary/aromatic N) is 1. The Balaban J connectivity index is 1.74. The number of nitrogens with one attached hydrogen (secondary N) is 1. The first kappa shape index (κ1) is 21.4. The molecule has 1 N–H and O–H groups in total. The van der Waals surface area contributed by atoms with Crippen LogP contribution in [0.4, 0.5) is 4.79 Å². The van der Waals surface area contributed by atoms with Gasteiger partial charge in [0.05, 0.1) is 7.11 Å². The quantitative estimate of drug-likeness (QED) is 0.371. The van der Waals surface area contributed by atoms with Crippen molar-refractivity contribution < 1.29 is 14.3 Å². The fourth-order valence-electron chi connectivity index (χ4n) is 3.41. The van der Waals surface area contributed by atoms with Crippen molar-refractivity contribution >= 4 is 17.1 Å². The highest BCUT2D eigenvalue weighted by Crippen LogP contribution is 2.22. The summed E-state index contributed by atoms with van der Waals surface area (Å²) in [6.07, 6.45) is 5.92. The molecular formula is C25H28N2O3. The van der Waals surface area contributed by atoms with E-state index in [1.165, 1.54) is 29.3 Å². The first-order valence-electron chi connectivity index (χ1n) is 10.0. The van der Waals surface area contributed by atoms with Crippen LogP contribution in [0, 0.1) is 0 Å². The fraction of sp³-hybridized carbons (Fsp3) is 0.240. The first-order valence-corrected chi connectivity index (χ1v) is 10.0. The lowest BCUT2D eigenvalue weighted by Gasteiger charge is -2.21. The Morgan fingerprint density at radius 2 is 1.93 bits per heavy atom. The number of H-pyrrole nitrogens is 1. The highest BCUT2D eigenvalue weighted by atomic mass is 16.7. The smallest absolute Gasteiger partial charge is 0.438 e. The van der Waals surface area contributed by atoms with Crippen LogP contribution in [-0.2, 0) is 29.0 Å². The maximum Gasteiger partial charge on any atom is 0.508 e. The Morgan fingerprint density at radius 3 is 2.70 bits per heavy atom. The Morgan fingerprint density at radius 1 is 1.10 bits per heavy atom. The van der Waals surface area contributed by atoms with Gasteiger partial charge in [-0.25, -0.2) is 4.79 Å². The molecule has 1 heterocycles. The van der Waals surface area contributed by atoms with Gasteiger partial charge in [0.25, 0.3) is 0 Å². The maximum atomic E-state index is 11.1. The molecule has 2 aromatic carbocycles. The number of ether oxygens (including phenoxy) is 2. The van der Waals surface area contributed by atoms with E-state index in [0.29, 0.717) is 0 Å². The second-order valence-electron chi connectivity index (χ2n) is 7.06. The lowest BCUT2D eigenvalue weighted by Crippen LogP contribution is -2.23. The predicted octanol–water partition coefficient (Wildman–Crippen LogP) is 5.24. The van der Waals surface area contributed by atoms with Gasteiger partial charge in [-0.1, -0.05) is 54.6 Å². The van der Waals surface area contributed by atoms with E-state index in [0.717, 1.165) is 31.6 Å². The van der Waals surface area contributed by atoms with Crippen LogP contribution in [0.1, 0.15) is 16.8 Å². The zero-order valence-electron chi connectivity index (χ0n) is 17.3. The Hall–Kier alpha value is -3.31. The van der Waals surface area contributed by atoms with Crippen LogP contribution in [0.25, 0.3) is 10.9 Å². The second-order valence-corrected chi connectivity index (χ2v) is 7.06. The number of carbonyl (C=O) groups is 1. The van der Waals surface area contributed by atoms with E-state index in [1.54, 1.807) is 0 Å². The van der Waals surface area contributed by atoms with Crippen molar-refractivity contribution in [3.05, 3.63) is 96.2 Å². The number of rotatable bonds is 10. The van der Waals surface area contributed by atoms with E-state index in [2.05, 4.69) is 69.7 Å². The molecule has 0 saturated heterocycles. The summed E-state index contributed by atoms with van der Waals surface area (Å²) in [7, 11) is 1.30. The van der Waals surface area contributed by atoms with E-state index in [-0.39, 0.29) is 6.61 Å². The standard InChI is InChI=1S/C25H28N2O3/c1-3-10-22-17-23-21(13-9-14-24(23)26-22)19-27(18-20-11-5-4-6-12-20)15-7-8-16-30-25(28)29-2/h3-9,11-14,17,26H,1,10,15-16,18-19H2,2H3/b8-7+. The van der Waals surface area contributed by atoms with Crippen LogP contribution in [0.15, 0.2) is 79.4 Å². The average molecular weight is 405 g/mol. The van der Waals surface area contributed by atoms with Gasteiger partial charge < -0.3 is 14.5 Å². The molecule has 3 rings (SSSR count). The third kappa shape index (κ3) is 6.09. The predicted molar refractivity (Wildman–Crippen MR) is 120 cm³/mol. The van der Waals surface area contributed by atoms with Gasteiger partial charge in [0.15, 0.2) is 0 Å². The van der Waals surface area contributed by atoms with Crippen LogP contribution >= 0.6 is 0 Å². The molecule has 0 aliphatic rings. The molecule has 0 unspecified atom stereocenters. The molecule has 0 fully saturated rings. The van der Waals surface area contributed by atoms with Crippen LogP contribution in [-0.4, -0.2) is 36.3 Å². The van der Waals surface area contributed by atoms with Crippen molar-refractivity contribution in [2.24, 2.45) is 0 Å². The molecule has 156 valence electrons. The lowest BCUT2D eigenvalue weighted by molar-refractivity contribution is 0.0817. The minimum atomic E-state index is -0.671. The normalized spacial score (nSPS) is 11.3. The van der Waals surface area contributed by atoms with Crippen LogP contribution in [0.5, 0.6) is 0 Å². The van der Waals surface area contributed by atoms with Crippen molar-refractivity contribution in [1.29, 1.82) is 0 Å². The number of methoxy groups -OCH3 is 1. The van der Waals surface area contributed by atoms with Gasteiger partial charge in [-0.2, -0.15) is 0 Å². The molecule has 0 radical (unpaired) electrons. The zero-order chi connectivity index (χ0) is 21.2. The largest absolute Gasteiger partial charge is 0.508 e. The average Bonchev–Trinajstić information content (AvgIpc) is 3.18. The van der Waals surface area contributed by atoms with E-state index in [9.17, 15) is 4.79 Å². The van der Waals surface area contributed by atoms with E-state index < -0.39 is 6.16 Å². The molecule has 0 spiro atoms. The number of hydrogen-bond acceptors (Lipinski definition) is 4. The molecule has 0 aliphatic heterocycles. The minimum absolute atomic E-state index is 0.199. The summed E-state index contributed by atoms with van der Waals surface area (Å²) in [6, 6.07) is 19.0. The van der Waals surface area contributed by atoms with Gasteiger partial charge in [0.2, 0.25) is 0 Å². The molecule has 0 amide bonds. The van der Waals surface area contributed by atoms with E-state index in [1.807, 2.05) is 24.3 Å². The summed E-state index contributed by atoms with van der Waals surface area (Å²) in [6.45, 7) is 6.40. The second kappa shape index (κ2) is 11.0. The summed E-state index contributed by atoms with van der Waals surface area (Å²) in [5.74, 6) is 0. The van der Waals surface area contributed by atoms with Crippen LogP contribution in [0.2, 0.25) is 0 Å². The van der Waals surface area contributed by atoms with Gasteiger partial charge in [0.1, 0.15) is 6.61 Å². The monoisotopic (exact) mass is 404 g/mol. The number of fused-ring (bicyclic) bond motifs is 1. The van der Waals surface area contributed by atoms with Crippen molar-refractivity contribution in [1.82, 2.24) is 9.88 Å². The summed E-state index contributed by atoms with van der Waals surface area (Å²) < 4.78 is 9.40. The summed E-state index contributed by atoms with van der Waals surface area (Å²) >= 11 is 0. The number of benzene rings is 2. The summed E-state index contributed by atoms with van der Waals surface area (Å²) in [4.78, 5) is 16.9. The minimum Gasteiger partial charge on any atom is -0.438 e. The molecule has 3 aromatic rings. The maximum absolute atomic E-state index is 11.1. The first-order chi connectivity index (χ1) is 14.7. The summed E-state index contributed by atoms with van der Waals surface area (Å²) in [5.41, 5.74) is 4.84. The van der Waals surface area contributed by atoms with Crippen LogP contribution < -0.4 is 0 Å². The van der Waals surface area contributed by atoms with Crippen molar-refractivity contribution in [3.63, 3.8) is 0 Å². The zero-order valence-corrected chi connectivity index (χ0v) is 17.3. The number of aromatic nitrogens is 1. The highest BCUT2D eigenvalue weighted by molar-refractivity contribution is 5.84. The third-order valence-electron chi connectivity index (χ3n) is 4.81. The van der Waals surface area contributed by atoms with Crippen LogP contribution in [0.3, 0.4) is 0 Å². The topological polar surface area (TPSA) is 54.6 Å². The Labute approximate surface area is 177 Å². The van der Waals surface area contributed by atoms with E-state index in [4.69, 9.17) is 4.74 Å². The molecule has 0 saturated carbocycles. The lowest BCUT2D eigenvalue weighted by atomic mass is 10.1. The molecule has 5 nitrogen and oxygen atoms in total. The van der Waals surface area contributed by atoms with Gasteiger partial charge >= 0.3 is 6.16 Å². The summed E-state index contributed by atoms with van der Waals surface area (Å²) in [5, 5.41) is 1.24. The van der Waals surface area contributed by atoms with Gasteiger partial charge in [-0.3, -0.25) is 4.90 Å². The third-order valence-corrected chi connectivity index (χ3v) is 4.81. The molecular weight excluding hydrogens is 376 g/mol. The molecule has 1 aromatic heterocycles. The molecule has 0 aliphatic carbocycles. The Bertz CT molecular complexity index is 992. The molecule has 0 atom stereocenters. The molecule has 5 heteroatoms. The highest BCUT2D eigenvalue weighted by Gasteiger charge is 2.10. The SMILES string of the molecule is C=CCc1cc2c(CN(C/C=C/COC(=O)OC)Cc3ccccc3)cccc2[nH]1. The van der Waals surface area contributed by atoms with Gasteiger partial charge in [0, 0.05) is 42.7 Å². The molecule has 0 bridgehead atoms. The number of hydrogen-bond donors (Lipinski definition) is 1. The number of carbonyl (C=O) groups excluding carboxylic acids is 1. The fourth-order valence-corrected chi connectivity index (χ4v) is 3.41. The van der Waals surface area contributed by atoms with E-state index >= 15 is 0 Å². The molecule has 30 heavy (non-hydrogen) atoms. The Kier molecular flexibility index (Phi) is 7.86. The van der Waals surface area contributed by atoms with Gasteiger partial charge in [-0.15, -0.1) is 6.58 Å². The van der Waals surface area contributed by atoms with Crippen molar-refractivity contribution in [3.8, 4) is 0 Å². The van der Waals surface area contributed by atoms with Gasteiger partial charge in [-0.05, 0) is 29.3 Å².